The Hall–Kier alpha value is -3.13. The first-order chi connectivity index (χ1) is 14.1. The number of fused-ring (bicyclic) bond motifs is 1. The molecule has 0 aliphatic carbocycles. The minimum atomic E-state index is -0.410. The molecule has 2 aromatic carbocycles. The van der Waals surface area contributed by atoms with Gasteiger partial charge in [0.15, 0.2) is 0 Å². The van der Waals surface area contributed by atoms with E-state index in [1.165, 1.54) is 6.33 Å². The summed E-state index contributed by atoms with van der Waals surface area (Å²) in [5.74, 6) is 1.16. The molecule has 0 unspecified atom stereocenters. The van der Waals surface area contributed by atoms with Gasteiger partial charge in [-0.25, -0.2) is 4.68 Å². The van der Waals surface area contributed by atoms with Crippen molar-refractivity contribution in [1.82, 2.24) is 20.1 Å². The number of amides is 1. The van der Waals surface area contributed by atoms with Crippen LogP contribution in [0.2, 0.25) is 0 Å². The molecule has 0 fully saturated rings. The number of benzene rings is 2. The molecule has 3 aromatic rings. The van der Waals surface area contributed by atoms with Gasteiger partial charge >= 0.3 is 0 Å². The summed E-state index contributed by atoms with van der Waals surface area (Å²) < 4.78 is 7.87. The summed E-state index contributed by atoms with van der Waals surface area (Å²) >= 11 is 3.54. The molecule has 0 saturated carbocycles. The first-order valence-corrected chi connectivity index (χ1v) is 9.90. The van der Waals surface area contributed by atoms with Crippen molar-refractivity contribution >= 4 is 27.8 Å². The summed E-state index contributed by atoms with van der Waals surface area (Å²) in [4.78, 5) is 17.5. The minimum absolute atomic E-state index is 0.156. The van der Waals surface area contributed by atoms with Crippen molar-refractivity contribution in [2.45, 2.75) is 19.5 Å². The molecule has 1 amide bonds. The van der Waals surface area contributed by atoms with Crippen LogP contribution >= 0.6 is 15.9 Å². The van der Waals surface area contributed by atoms with Crippen LogP contribution in [0.5, 0.6) is 5.75 Å². The quantitative estimate of drug-likeness (QED) is 0.615. The maximum atomic E-state index is 13.2. The van der Waals surface area contributed by atoms with Crippen molar-refractivity contribution in [2.75, 3.05) is 12.4 Å². The van der Waals surface area contributed by atoms with Crippen LogP contribution in [-0.2, 0) is 11.3 Å². The Labute approximate surface area is 176 Å². The van der Waals surface area contributed by atoms with E-state index in [1.54, 1.807) is 11.8 Å². The van der Waals surface area contributed by atoms with Gasteiger partial charge in [-0.15, -0.1) is 0 Å². The highest BCUT2D eigenvalue weighted by atomic mass is 79.9. The molecule has 1 aliphatic rings. The highest BCUT2D eigenvalue weighted by molar-refractivity contribution is 9.10. The molecule has 7 nitrogen and oxygen atoms in total. The lowest BCUT2D eigenvalue weighted by atomic mass is 9.95. The summed E-state index contributed by atoms with van der Waals surface area (Å²) in [5.41, 5.74) is 3.27. The normalized spacial score (nSPS) is 15.5. The standard InChI is InChI=1S/C21H20BrN5O2/c1-13-18(20(28)23-11-14-6-4-3-5-7-14)19(27-21(26-13)24-12-25-27)15-8-9-17(29-2)16(22)10-15/h3-10,12,19H,11H2,1-2H3,(H,23,28)(H,24,25,26)/t19-/m1/s1. The Bertz CT molecular complexity index is 1080. The van der Waals surface area contributed by atoms with Gasteiger partial charge in [-0.3, -0.25) is 4.79 Å². The van der Waals surface area contributed by atoms with E-state index in [9.17, 15) is 4.79 Å². The first kappa shape index (κ1) is 19.2. The molecule has 29 heavy (non-hydrogen) atoms. The molecular formula is C21H20BrN5O2. The number of hydrogen-bond acceptors (Lipinski definition) is 5. The first-order valence-electron chi connectivity index (χ1n) is 9.11. The van der Waals surface area contributed by atoms with Crippen LogP contribution < -0.4 is 15.4 Å². The van der Waals surface area contributed by atoms with E-state index in [2.05, 4.69) is 36.6 Å². The number of allylic oxidation sites excluding steroid dienone is 1. The predicted octanol–water partition coefficient (Wildman–Crippen LogP) is 3.65. The van der Waals surface area contributed by atoms with E-state index in [0.29, 0.717) is 18.1 Å². The Balaban J connectivity index is 1.70. The number of carbonyl (C=O) groups excluding carboxylic acids is 1. The molecule has 8 heteroatoms. The molecule has 0 bridgehead atoms. The maximum absolute atomic E-state index is 13.2. The zero-order chi connectivity index (χ0) is 20.4. The van der Waals surface area contributed by atoms with Gasteiger partial charge in [-0.1, -0.05) is 36.4 Å². The Morgan fingerprint density at radius 1 is 1.28 bits per heavy atom. The second-order valence-corrected chi connectivity index (χ2v) is 7.51. The van der Waals surface area contributed by atoms with Gasteiger partial charge in [0.1, 0.15) is 18.1 Å². The van der Waals surface area contributed by atoms with Crippen LogP contribution in [0.3, 0.4) is 0 Å². The third-order valence-electron chi connectivity index (χ3n) is 4.83. The summed E-state index contributed by atoms with van der Waals surface area (Å²) in [7, 11) is 1.62. The second kappa shape index (κ2) is 8.08. The molecule has 1 aliphatic heterocycles. The third kappa shape index (κ3) is 3.75. The Kier molecular flexibility index (Phi) is 5.35. The average molecular weight is 454 g/mol. The zero-order valence-electron chi connectivity index (χ0n) is 16.0. The third-order valence-corrected chi connectivity index (χ3v) is 5.45. The number of methoxy groups -OCH3 is 1. The lowest BCUT2D eigenvalue weighted by molar-refractivity contribution is -0.118. The van der Waals surface area contributed by atoms with E-state index < -0.39 is 6.04 Å². The van der Waals surface area contributed by atoms with Gasteiger partial charge in [0.25, 0.3) is 5.91 Å². The van der Waals surface area contributed by atoms with Crippen LogP contribution in [0.4, 0.5) is 5.95 Å². The number of aromatic nitrogens is 3. The van der Waals surface area contributed by atoms with Crippen molar-refractivity contribution < 1.29 is 9.53 Å². The largest absolute Gasteiger partial charge is 0.496 e. The SMILES string of the molecule is COc1ccc([C@@H]2C(C(=O)NCc3ccccc3)=C(C)Nc3ncnn32)cc1Br. The molecule has 2 heterocycles. The van der Waals surface area contributed by atoms with Crippen LogP contribution in [0.25, 0.3) is 0 Å². The van der Waals surface area contributed by atoms with Crippen molar-refractivity contribution in [3.05, 3.63) is 81.7 Å². The fraction of sp³-hybridized carbons (Fsp3) is 0.190. The summed E-state index contributed by atoms with van der Waals surface area (Å²) in [6.07, 6.45) is 1.48. The van der Waals surface area contributed by atoms with Crippen molar-refractivity contribution in [3.8, 4) is 5.75 Å². The summed E-state index contributed by atoms with van der Waals surface area (Å²) in [6, 6.07) is 15.1. The van der Waals surface area contributed by atoms with Gasteiger partial charge in [-0.2, -0.15) is 10.1 Å². The lowest BCUT2D eigenvalue weighted by Gasteiger charge is -2.29. The molecule has 1 atom stereocenters. The number of nitrogens with one attached hydrogen (secondary N) is 2. The number of nitrogens with zero attached hydrogens (tertiary/aromatic N) is 3. The number of rotatable bonds is 5. The van der Waals surface area contributed by atoms with Gasteiger partial charge in [0.2, 0.25) is 5.95 Å². The smallest absolute Gasteiger partial charge is 0.251 e. The molecule has 0 radical (unpaired) electrons. The molecule has 2 N–H and O–H groups in total. The maximum Gasteiger partial charge on any atom is 0.251 e. The lowest BCUT2D eigenvalue weighted by Crippen LogP contribution is -2.34. The molecular weight excluding hydrogens is 434 g/mol. The molecule has 4 rings (SSSR count). The van der Waals surface area contributed by atoms with E-state index >= 15 is 0 Å². The predicted molar refractivity (Wildman–Crippen MR) is 113 cm³/mol. The Morgan fingerprint density at radius 2 is 2.07 bits per heavy atom. The van der Waals surface area contributed by atoms with Crippen molar-refractivity contribution in [1.29, 1.82) is 0 Å². The average Bonchev–Trinajstić information content (AvgIpc) is 3.19. The topological polar surface area (TPSA) is 81.1 Å². The van der Waals surface area contributed by atoms with Crippen LogP contribution in [0, 0.1) is 0 Å². The van der Waals surface area contributed by atoms with E-state index in [-0.39, 0.29) is 5.91 Å². The fourth-order valence-electron chi connectivity index (χ4n) is 3.42. The van der Waals surface area contributed by atoms with Crippen molar-refractivity contribution in [3.63, 3.8) is 0 Å². The summed E-state index contributed by atoms with van der Waals surface area (Å²) in [6.45, 7) is 2.32. The zero-order valence-corrected chi connectivity index (χ0v) is 17.6. The van der Waals surface area contributed by atoms with Gasteiger partial charge in [0, 0.05) is 12.2 Å². The number of halogens is 1. The monoisotopic (exact) mass is 453 g/mol. The van der Waals surface area contributed by atoms with Gasteiger partial charge in [0.05, 0.1) is 17.2 Å². The number of hydrogen-bond donors (Lipinski definition) is 2. The van der Waals surface area contributed by atoms with Gasteiger partial charge < -0.3 is 15.4 Å². The summed E-state index contributed by atoms with van der Waals surface area (Å²) in [5, 5.41) is 10.6. The second-order valence-electron chi connectivity index (χ2n) is 6.66. The molecule has 1 aromatic heterocycles. The van der Waals surface area contributed by atoms with Gasteiger partial charge in [-0.05, 0) is 46.1 Å². The van der Waals surface area contributed by atoms with E-state index in [1.807, 2.05) is 55.5 Å². The van der Waals surface area contributed by atoms with Crippen LogP contribution in [0.1, 0.15) is 24.1 Å². The molecule has 0 saturated heterocycles. The fourth-order valence-corrected chi connectivity index (χ4v) is 3.98. The highest BCUT2D eigenvalue weighted by Crippen LogP contribution is 2.37. The number of carbonyl (C=O) groups is 1. The number of ether oxygens (including phenoxy) is 1. The van der Waals surface area contributed by atoms with Crippen LogP contribution in [-0.4, -0.2) is 27.8 Å². The molecule has 148 valence electrons. The Morgan fingerprint density at radius 3 is 2.79 bits per heavy atom. The molecule has 0 spiro atoms. The van der Waals surface area contributed by atoms with Crippen molar-refractivity contribution in [2.24, 2.45) is 0 Å². The minimum Gasteiger partial charge on any atom is -0.496 e. The van der Waals surface area contributed by atoms with E-state index in [4.69, 9.17) is 4.74 Å². The number of anilines is 1. The van der Waals surface area contributed by atoms with Crippen LogP contribution in [0.15, 0.2) is 70.6 Å². The van der Waals surface area contributed by atoms with E-state index in [0.717, 1.165) is 27.0 Å². The highest BCUT2D eigenvalue weighted by Gasteiger charge is 2.33.